The van der Waals surface area contributed by atoms with Gasteiger partial charge in [0.25, 0.3) is 10.1 Å². The smallest absolute Gasteiger partial charge is 0.296 e. The Hall–Kier alpha value is -4.35. The molecule has 5 aromatic rings. The van der Waals surface area contributed by atoms with Crippen LogP contribution in [0.3, 0.4) is 0 Å². The molecule has 0 unspecified atom stereocenters. The Morgan fingerprint density at radius 2 is 1.78 bits per heavy atom. The van der Waals surface area contributed by atoms with Crippen molar-refractivity contribution < 1.29 is 26.2 Å². The normalized spacial score (nSPS) is 12.1. The third-order valence-electron chi connectivity index (χ3n) is 6.23. The molecule has 0 fully saturated rings. The SMILES string of the molecule is CC(C)(C)COS(=O)(=O)c1ccc(-c2ccc(CNC(=O)Cn3c(-c4ncco4)cc4cc(F)ccc43)nc2)cc1. The molecule has 1 N–H and O–H groups in total. The van der Waals surface area contributed by atoms with Crippen LogP contribution in [-0.2, 0) is 32.2 Å². The molecule has 0 radical (unpaired) electrons. The van der Waals surface area contributed by atoms with E-state index in [4.69, 9.17) is 8.60 Å². The topological polar surface area (TPSA) is 116 Å². The van der Waals surface area contributed by atoms with Crippen LogP contribution in [0.5, 0.6) is 0 Å². The van der Waals surface area contributed by atoms with E-state index in [0.29, 0.717) is 28.2 Å². The lowest BCUT2D eigenvalue weighted by Crippen LogP contribution is -2.27. The highest BCUT2D eigenvalue weighted by Gasteiger charge is 2.20. The number of hydrogen-bond acceptors (Lipinski definition) is 7. The summed E-state index contributed by atoms with van der Waals surface area (Å²) >= 11 is 0. The highest BCUT2D eigenvalue weighted by molar-refractivity contribution is 7.86. The van der Waals surface area contributed by atoms with Gasteiger partial charge in [-0.2, -0.15) is 8.42 Å². The van der Waals surface area contributed by atoms with Crippen molar-refractivity contribution in [3.63, 3.8) is 0 Å². The van der Waals surface area contributed by atoms with Crippen molar-refractivity contribution in [2.45, 2.75) is 38.8 Å². The average molecular weight is 577 g/mol. The second-order valence-corrected chi connectivity index (χ2v) is 12.4. The number of pyridine rings is 1. The minimum atomic E-state index is -3.85. The minimum Gasteiger partial charge on any atom is -0.443 e. The van der Waals surface area contributed by atoms with E-state index in [-0.39, 0.29) is 41.7 Å². The zero-order valence-corrected chi connectivity index (χ0v) is 23.6. The number of aromatic nitrogens is 3. The molecule has 9 nitrogen and oxygen atoms in total. The molecule has 11 heteroatoms. The first-order valence-corrected chi connectivity index (χ1v) is 14.3. The van der Waals surface area contributed by atoms with Crippen molar-refractivity contribution in [2.75, 3.05) is 6.61 Å². The number of nitrogens with zero attached hydrogens (tertiary/aromatic N) is 3. The van der Waals surface area contributed by atoms with Gasteiger partial charge in [0.05, 0.1) is 29.9 Å². The molecular weight excluding hydrogens is 547 g/mol. The standard InChI is InChI=1S/C30H29FN4O5S/c1-30(2,3)19-40-41(37,38)25-9-5-20(6-10-25)21-4-8-24(33-16-21)17-34-28(36)18-35-26-11-7-23(31)14-22(26)15-27(35)29-32-12-13-39-29/h4-16H,17-19H2,1-3H3,(H,34,36). The molecule has 3 aromatic heterocycles. The molecular formula is C30H29FN4O5S. The quantitative estimate of drug-likeness (QED) is 0.228. The van der Waals surface area contributed by atoms with Gasteiger partial charge in [-0.3, -0.25) is 14.0 Å². The molecule has 3 heterocycles. The predicted molar refractivity (Wildman–Crippen MR) is 152 cm³/mol. The van der Waals surface area contributed by atoms with Crippen LogP contribution in [0, 0.1) is 11.2 Å². The van der Waals surface area contributed by atoms with Crippen molar-refractivity contribution in [3.05, 3.63) is 90.8 Å². The highest BCUT2D eigenvalue weighted by atomic mass is 32.2. The van der Waals surface area contributed by atoms with Crippen LogP contribution >= 0.6 is 0 Å². The molecule has 0 saturated carbocycles. The molecule has 0 spiro atoms. The fraction of sp³-hybridized carbons (Fsp3) is 0.233. The van der Waals surface area contributed by atoms with E-state index in [1.165, 1.54) is 36.7 Å². The summed E-state index contributed by atoms with van der Waals surface area (Å²) in [5, 5.41) is 3.49. The molecule has 0 aliphatic carbocycles. The van der Waals surface area contributed by atoms with Crippen LogP contribution in [0.15, 0.2) is 88.6 Å². The van der Waals surface area contributed by atoms with Crippen molar-refractivity contribution in [1.29, 1.82) is 0 Å². The number of nitrogens with one attached hydrogen (secondary N) is 1. The van der Waals surface area contributed by atoms with Gasteiger partial charge in [-0.05, 0) is 53.4 Å². The maximum absolute atomic E-state index is 13.8. The number of rotatable bonds is 9. The van der Waals surface area contributed by atoms with Crippen molar-refractivity contribution >= 4 is 26.9 Å². The average Bonchev–Trinajstić information content (AvgIpc) is 3.59. The molecule has 2 aromatic carbocycles. The molecule has 0 aliphatic rings. The lowest BCUT2D eigenvalue weighted by molar-refractivity contribution is -0.121. The van der Waals surface area contributed by atoms with Crippen LogP contribution in [-0.4, -0.2) is 35.5 Å². The Morgan fingerprint density at radius 3 is 2.44 bits per heavy atom. The Kier molecular flexibility index (Phi) is 7.74. The van der Waals surface area contributed by atoms with Gasteiger partial charge >= 0.3 is 0 Å². The van der Waals surface area contributed by atoms with Crippen molar-refractivity contribution in [3.8, 4) is 22.7 Å². The second-order valence-electron chi connectivity index (χ2n) is 10.8. The predicted octanol–water partition coefficient (Wildman–Crippen LogP) is 5.57. The van der Waals surface area contributed by atoms with Gasteiger partial charge in [0.1, 0.15) is 24.3 Å². The molecule has 0 aliphatic heterocycles. The van der Waals surface area contributed by atoms with E-state index in [9.17, 15) is 17.6 Å². The molecule has 212 valence electrons. The number of amides is 1. The van der Waals surface area contributed by atoms with E-state index in [2.05, 4.69) is 15.3 Å². The van der Waals surface area contributed by atoms with E-state index in [1.807, 2.05) is 26.8 Å². The Labute approximate surface area is 237 Å². The van der Waals surface area contributed by atoms with Crippen LogP contribution in [0.1, 0.15) is 26.5 Å². The number of carbonyl (C=O) groups is 1. The minimum absolute atomic E-state index is 0.0281. The first-order valence-electron chi connectivity index (χ1n) is 12.9. The zero-order chi connectivity index (χ0) is 29.2. The van der Waals surface area contributed by atoms with Crippen LogP contribution in [0.2, 0.25) is 0 Å². The number of hydrogen-bond donors (Lipinski definition) is 1. The zero-order valence-electron chi connectivity index (χ0n) is 22.8. The fourth-order valence-corrected chi connectivity index (χ4v) is 5.28. The van der Waals surface area contributed by atoms with Gasteiger partial charge in [0, 0.05) is 22.7 Å². The van der Waals surface area contributed by atoms with Crippen LogP contribution in [0.25, 0.3) is 33.6 Å². The molecule has 5 rings (SSSR count). The Morgan fingerprint density at radius 1 is 1.02 bits per heavy atom. The maximum atomic E-state index is 13.8. The largest absolute Gasteiger partial charge is 0.443 e. The molecule has 0 bridgehead atoms. The summed E-state index contributed by atoms with van der Waals surface area (Å²) in [5.41, 5.74) is 3.19. The number of fused-ring (bicyclic) bond motifs is 1. The third-order valence-corrected chi connectivity index (χ3v) is 7.51. The van der Waals surface area contributed by atoms with Crippen LogP contribution < -0.4 is 5.32 Å². The van der Waals surface area contributed by atoms with Gasteiger partial charge in [0.2, 0.25) is 11.8 Å². The molecule has 1 amide bonds. The van der Waals surface area contributed by atoms with Crippen molar-refractivity contribution in [2.24, 2.45) is 5.41 Å². The van der Waals surface area contributed by atoms with Gasteiger partial charge < -0.3 is 14.3 Å². The molecule has 0 atom stereocenters. The van der Waals surface area contributed by atoms with E-state index in [0.717, 1.165) is 11.1 Å². The van der Waals surface area contributed by atoms with Gasteiger partial charge in [-0.25, -0.2) is 9.37 Å². The number of carbonyl (C=O) groups excluding carboxylic acids is 1. The Balaban J connectivity index is 1.23. The second kappa shape index (κ2) is 11.3. The number of oxazole rings is 1. The highest BCUT2D eigenvalue weighted by Crippen LogP contribution is 2.28. The Bertz CT molecular complexity index is 1770. The molecule has 0 saturated heterocycles. The summed E-state index contributed by atoms with van der Waals surface area (Å²) in [5.74, 6) is -0.315. The fourth-order valence-electron chi connectivity index (χ4n) is 4.16. The number of benzene rings is 2. The van der Waals surface area contributed by atoms with E-state index in [1.54, 1.807) is 41.1 Å². The maximum Gasteiger partial charge on any atom is 0.296 e. The molecule has 41 heavy (non-hydrogen) atoms. The summed E-state index contributed by atoms with van der Waals surface area (Å²) in [7, 11) is -3.85. The van der Waals surface area contributed by atoms with Gasteiger partial charge in [-0.1, -0.05) is 39.0 Å². The third kappa shape index (κ3) is 6.69. The van der Waals surface area contributed by atoms with E-state index < -0.39 is 10.1 Å². The van der Waals surface area contributed by atoms with Crippen molar-refractivity contribution in [1.82, 2.24) is 19.9 Å². The summed E-state index contributed by atoms with van der Waals surface area (Å²) < 4.78 is 51.0. The van der Waals surface area contributed by atoms with E-state index >= 15 is 0 Å². The van der Waals surface area contributed by atoms with Gasteiger partial charge in [0.15, 0.2) is 0 Å². The monoisotopic (exact) mass is 576 g/mol. The lowest BCUT2D eigenvalue weighted by Gasteiger charge is -2.17. The summed E-state index contributed by atoms with van der Waals surface area (Å²) in [6, 6.07) is 16.1. The van der Waals surface area contributed by atoms with Gasteiger partial charge in [-0.15, -0.1) is 0 Å². The number of halogens is 1. The lowest BCUT2D eigenvalue weighted by atomic mass is 9.99. The first-order chi connectivity index (χ1) is 19.5. The van der Waals surface area contributed by atoms with Crippen LogP contribution in [0.4, 0.5) is 4.39 Å². The summed E-state index contributed by atoms with van der Waals surface area (Å²) in [6.07, 6.45) is 4.61. The first kappa shape index (κ1) is 28.2. The summed E-state index contributed by atoms with van der Waals surface area (Å²) in [6.45, 7) is 5.96. The summed E-state index contributed by atoms with van der Waals surface area (Å²) in [4.78, 5) is 21.6.